The lowest BCUT2D eigenvalue weighted by Gasteiger charge is -2.43. The quantitative estimate of drug-likeness (QED) is 0.285. The van der Waals surface area contributed by atoms with Gasteiger partial charge >= 0.3 is 0 Å². The van der Waals surface area contributed by atoms with Gasteiger partial charge < -0.3 is 14.2 Å². The van der Waals surface area contributed by atoms with Crippen LogP contribution in [-0.2, 0) is 4.74 Å². The predicted octanol–water partition coefficient (Wildman–Crippen LogP) is 9.76. The van der Waals surface area contributed by atoms with Crippen LogP contribution in [0.15, 0.2) is 12.1 Å². The fraction of sp³-hybridized carbons (Fsp3) is 0.829. The normalized spacial score (nSPS) is 35.3. The molecule has 5 heteroatoms. The van der Waals surface area contributed by atoms with Gasteiger partial charge in [0.25, 0.3) is 0 Å². The molecule has 40 heavy (non-hydrogen) atoms. The SMILES string of the molecule is CCCC1CCC(C2CCC(C3CCC(C4CCC(COc5ccc(OCC)c(F)c5F)CC4)CO3)CC2)CC1. The Labute approximate surface area is 242 Å². The van der Waals surface area contributed by atoms with E-state index in [-0.39, 0.29) is 11.5 Å². The van der Waals surface area contributed by atoms with E-state index in [1.165, 1.54) is 102 Å². The second-order valence-electron chi connectivity index (χ2n) is 13.7. The zero-order chi connectivity index (χ0) is 27.9. The third-order valence-corrected chi connectivity index (χ3v) is 11.3. The fourth-order valence-corrected chi connectivity index (χ4v) is 8.81. The zero-order valence-corrected chi connectivity index (χ0v) is 25.2. The molecule has 0 N–H and O–H groups in total. The minimum absolute atomic E-state index is 0.0109. The van der Waals surface area contributed by atoms with E-state index in [4.69, 9.17) is 14.2 Å². The van der Waals surface area contributed by atoms with Gasteiger partial charge in [0.05, 0.1) is 25.9 Å². The minimum Gasteiger partial charge on any atom is -0.491 e. The smallest absolute Gasteiger partial charge is 0.204 e. The third-order valence-electron chi connectivity index (χ3n) is 11.3. The molecule has 2 atom stereocenters. The Balaban J connectivity index is 0.978. The first-order valence-electron chi connectivity index (χ1n) is 16.9. The summed E-state index contributed by atoms with van der Waals surface area (Å²) >= 11 is 0. The van der Waals surface area contributed by atoms with Crippen LogP contribution in [0.1, 0.15) is 117 Å². The average Bonchev–Trinajstić information content (AvgIpc) is 3.00. The molecular formula is C35H54F2O3. The van der Waals surface area contributed by atoms with E-state index in [0.29, 0.717) is 31.2 Å². The Hall–Kier alpha value is -1.36. The lowest BCUT2D eigenvalue weighted by molar-refractivity contribution is -0.0761. The van der Waals surface area contributed by atoms with Crippen molar-refractivity contribution in [2.45, 2.75) is 123 Å². The molecule has 0 radical (unpaired) electrons. The molecule has 0 amide bonds. The Bertz CT molecular complexity index is 890. The summed E-state index contributed by atoms with van der Waals surface area (Å²) in [6.45, 7) is 5.77. The molecule has 1 saturated heterocycles. The van der Waals surface area contributed by atoms with E-state index >= 15 is 0 Å². The van der Waals surface area contributed by atoms with Crippen LogP contribution in [0.25, 0.3) is 0 Å². The number of hydrogen-bond donors (Lipinski definition) is 0. The van der Waals surface area contributed by atoms with Crippen LogP contribution in [0, 0.1) is 53.1 Å². The highest BCUT2D eigenvalue weighted by Gasteiger charge is 2.37. The number of rotatable bonds is 10. The van der Waals surface area contributed by atoms with Gasteiger partial charge in [-0.3, -0.25) is 0 Å². The number of halogens is 2. The zero-order valence-electron chi connectivity index (χ0n) is 25.2. The van der Waals surface area contributed by atoms with Gasteiger partial charge in [-0.15, -0.1) is 0 Å². The van der Waals surface area contributed by atoms with E-state index in [1.807, 2.05) is 0 Å². The molecule has 1 heterocycles. The predicted molar refractivity (Wildman–Crippen MR) is 157 cm³/mol. The van der Waals surface area contributed by atoms with E-state index in [1.54, 1.807) is 6.92 Å². The average molecular weight is 561 g/mol. The standard InChI is InChI=1S/C35H54F2O3/c1-3-5-24-6-10-26(11-7-24)27-14-16-29(17-15-27)31-19-18-30(23-40-31)28-12-8-25(9-13-28)22-39-33-21-20-32(38-4-2)34(36)35(33)37/h20-21,24-31H,3-19,22-23H2,1-2H3. The van der Waals surface area contributed by atoms with Crippen molar-refractivity contribution >= 4 is 0 Å². The van der Waals surface area contributed by atoms with Gasteiger partial charge in [-0.05, 0) is 138 Å². The van der Waals surface area contributed by atoms with Crippen molar-refractivity contribution in [3.05, 3.63) is 23.8 Å². The van der Waals surface area contributed by atoms with Gasteiger partial charge in [0, 0.05) is 0 Å². The molecule has 1 aliphatic heterocycles. The first kappa shape index (κ1) is 30.1. The molecule has 3 nitrogen and oxygen atoms in total. The van der Waals surface area contributed by atoms with Gasteiger partial charge in [0.2, 0.25) is 11.6 Å². The molecule has 0 spiro atoms. The van der Waals surface area contributed by atoms with Crippen LogP contribution in [0.4, 0.5) is 8.78 Å². The summed E-state index contributed by atoms with van der Waals surface area (Å²) in [4.78, 5) is 0. The van der Waals surface area contributed by atoms with Crippen molar-refractivity contribution in [3.8, 4) is 11.5 Å². The topological polar surface area (TPSA) is 27.7 Å². The van der Waals surface area contributed by atoms with Crippen LogP contribution in [0.3, 0.4) is 0 Å². The molecule has 226 valence electrons. The van der Waals surface area contributed by atoms with Crippen molar-refractivity contribution in [2.24, 2.45) is 41.4 Å². The van der Waals surface area contributed by atoms with Crippen molar-refractivity contribution in [3.63, 3.8) is 0 Å². The highest BCUT2D eigenvalue weighted by molar-refractivity contribution is 5.35. The van der Waals surface area contributed by atoms with E-state index in [0.717, 1.165) is 49.0 Å². The van der Waals surface area contributed by atoms with Gasteiger partial charge in [-0.1, -0.05) is 32.6 Å². The molecule has 4 aliphatic rings. The number of benzene rings is 1. The molecule has 3 aliphatic carbocycles. The first-order chi connectivity index (χ1) is 19.6. The largest absolute Gasteiger partial charge is 0.491 e. The summed E-state index contributed by atoms with van der Waals surface area (Å²) in [6.07, 6.45) is 22.0. The summed E-state index contributed by atoms with van der Waals surface area (Å²) in [5.74, 6) is 3.64. The fourth-order valence-electron chi connectivity index (χ4n) is 8.81. The van der Waals surface area contributed by atoms with E-state index < -0.39 is 11.6 Å². The summed E-state index contributed by atoms with van der Waals surface area (Å²) in [7, 11) is 0. The Morgan fingerprint density at radius 1 is 0.625 bits per heavy atom. The molecule has 1 aromatic rings. The lowest BCUT2D eigenvalue weighted by Crippen LogP contribution is -2.38. The number of hydrogen-bond acceptors (Lipinski definition) is 3. The highest BCUT2D eigenvalue weighted by atomic mass is 19.2. The maximum Gasteiger partial charge on any atom is 0.204 e. The van der Waals surface area contributed by atoms with E-state index in [2.05, 4.69) is 6.92 Å². The van der Waals surface area contributed by atoms with Crippen molar-refractivity contribution in [1.29, 1.82) is 0 Å². The number of ether oxygens (including phenoxy) is 3. The summed E-state index contributed by atoms with van der Waals surface area (Å²) in [5.41, 5.74) is 0. The van der Waals surface area contributed by atoms with Gasteiger partial charge in [0.1, 0.15) is 0 Å². The molecule has 1 aromatic carbocycles. The van der Waals surface area contributed by atoms with E-state index in [9.17, 15) is 8.78 Å². The molecule has 2 unspecified atom stereocenters. The van der Waals surface area contributed by atoms with Crippen molar-refractivity contribution in [1.82, 2.24) is 0 Å². The lowest BCUT2D eigenvalue weighted by atomic mass is 9.67. The second kappa shape index (κ2) is 14.7. The monoisotopic (exact) mass is 560 g/mol. The molecule has 0 aromatic heterocycles. The van der Waals surface area contributed by atoms with Crippen LogP contribution in [-0.4, -0.2) is 25.9 Å². The summed E-state index contributed by atoms with van der Waals surface area (Å²) in [5, 5.41) is 0. The molecular weight excluding hydrogens is 506 g/mol. The summed E-state index contributed by atoms with van der Waals surface area (Å²) in [6, 6.07) is 2.94. The minimum atomic E-state index is -0.962. The Morgan fingerprint density at radius 2 is 1.12 bits per heavy atom. The van der Waals surface area contributed by atoms with Crippen molar-refractivity contribution < 1.29 is 23.0 Å². The summed E-state index contributed by atoms with van der Waals surface area (Å²) < 4.78 is 45.9. The molecule has 5 rings (SSSR count). The second-order valence-corrected chi connectivity index (χ2v) is 13.7. The first-order valence-corrected chi connectivity index (χ1v) is 16.9. The van der Waals surface area contributed by atoms with Gasteiger partial charge in [-0.2, -0.15) is 8.78 Å². The van der Waals surface area contributed by atoms with Gasteiger partial charge in [0.15, 0.2) is 11.5 Å². The molecule has 3 saturated carbocycles. The third kappa shape index (κ3) is 7.53. The molecule has 4 fully saturated rings. The maximum absolute atomic E-state index is 14.4. The highest BCUT2D eigenvalue weighted by Crippen LogP contribution is 2.45. The van der Waals surface area contributed by atoms with Crippen LogP contribution < -0.4 is 9.47 Å². The van der Waals surface area contributed by atoms with Crippen LogP contribution in [0.5, 0.6) is 11.5 Å². The van der Waals surface area contributed by atoms with Crippen LogP contribution in [0.2, 0.25) is 0 Å². The Kier molecular flexibility index (Phi) is 11.1. The molecule has 0 bridgehead atoms. The van der Waals surface area contributed by atoms with Crippen LogP contribution >= 0.6 is 0 Å². The maximum atomic E-state index is 14.4. The van der Waals surface area contributed by atoms with Gasteiger partial charge in [-0.25, -0.2) is 0 Å². The Morgan fingerprint density at radius 3 is 1.68 bits per heavy atom. The van der Waals surface area contributed by atoms with Crippen molar-refractivity contribution in [2.75, 3.05) is 19.8 Å².